The number of hydrogen-bond donors (Lipinski definition) is 4. The molecule has 0 aliphatic heterocycles. The molecular formula is C2H8Cl2N4S2. The molecule has 0 amide bonds. The van der Waals surface area contributed by atoms with E-state index in [9.17, 15) is 0 Å². The van der Waals surface area contributed by atoms with E-state index in [-0.39, 0.29) is 35.1 Å². The number of rotatable bonds is 0. The molecule has 0 fully saturated rings. The Morgan fingerprint density at radius 1 is 0.900 bits per heavy atom. The number of hydrogen-bond acceptors (Lipinski definition) is 2. The zero-order chi connectivity index (χ0) is 6.57. The summed E-state index contributed by atoms with van der Waals surface area (Å²) in [6.07, 6.45) is 0. The highest BCUT2D eigenvalue weighted by molar-refractivity contribution is 8.87. The normalized spacial score (nSPS) is 6.80. The SMILES string of the molecule is NC(=[NH2+])SSC(N)=[NH2+].[Cl-].[Cl-]. The third-order valence-electron chi connectivity index (χ3n) is 0.234. The molecule has 0 aromatic rings. The first-order valence-corrected chi connectivity index (χ1v) is 3.88. The van der Waals surface area contributed by atoms with Crippen LogP contribution in [0.25, 0.3) is 0 Å². The molecule has 0 rings (SSSR count). The van der Waals surface area contributed by atoms with Crippen LogP contribution in [0, 0.1) is 0 Å². The molecule has 10 heavy (non-hydrogen) atoms. The average molecular weight is 223 g/mol. The first-order chi connectivity index (χ1) is 3.63. The van der Waals surface area contributed by atoms with Gasteiger partial charge >= 0.3 is 10.3 Å². The van der Waals surface area contributed by atoms with Crippen molar-refractivity contribution in [2.24, 2.45) is 11.5 Å². The van der Waals surface area contributed by atoms with E-state index in [0.29, 0.717) is 0 Å². The summed E-state index contributed by atoms with van der Waals surface area (Å²) in [6.45, 7) is 0. The molecule has 0 atom stereocenters. The van der Waals surface area contributed by atoms with Crippen LogP contribution in [0.2, 0.25) is 0 Å². The van der Waals surface area contributed by atoms with Crippen molar-refractivity contribution in [3.63, 3.8) is 0 Å². The summed E-state index contributed by atoms with van der Waals surface area (Å²) in [5.41, 5.74) is 10.1. The topological polar surface area (TPSA) is 103 Å². The molecule has 8 N–H and O–H groups in total. The second-order valence-electron chi connectivity index (χ2n) is 0.971. The van der Waals surface area contributed by atoms with Crippen molar-refractivity contribution in [2.45, 2.75) is 0 Å². The maximum Gasteiger partial charge on any atom is 0.311 e. The van der Waals surface area contributed by atoms with Crippen molar-refractivity contribution in [3.05, 3.63) is 0 Å². The Hall–Kier alpha value is 0.220. The van der Waals surface area contributed by atoms with E-state index >= 15 is 0 Å². The van der Waals surface area contributed by atoms with Gasteiger partial charge in [-0.1, -0.05) is 0 Å². The largest absolute Gasteiger partial charge is 1.00 e. The fourth-order valence-electron chi connectivity index (χ4n) is 0.0962. The molecule has 0 unspecified atom stereocenters. The third kappa shape index (κ3) is 15.7. The van der Waals surface area contributed by atoms with Gasteiger partial charge in [-0.2, -0.15) is 0 Å². The molecule has 0 saturated heterocycles. The minimum Gasteiger partial charge on any atom is -1.00 e. The van der Waals surface area contributed by atoms with Crippen molar-refractivity contribution in [1.29, 1.82) is 0 Å². The molecule has 0 spiro atoms. The van der Waals surface area contributed by atoms with Crippen LogP contribution in [0.4, 0.5) is 0 Å². The Balaban J connectivity index is -0.000000245. The molecule has 0 aliphatic carbocycles. The van der Waals surface area contributed by atoms with Crippen LogP contribution < -0.4 is 47.1 Å². The van der Waals surface area contributed by atoms with Crippen LogP contribution in [0.3, 0.4) is 0 Å². The fraction of sp³-hybridized carbons (Fsp3) is 0. The van der Waals surface area contributed by atoms with Crippen LogP contribution in [0.5, 0.6) is 0 Å². The highest BCUT2D eigenvalue weighted by atomic mass is 35.5. The van der Waals surface area contributed by atoms with Gasteiger partial charge in [-0.15, -0.1) is 0 Å². The van der Waals surface area contributed by atoms with Gasteiger partial charge in [-0.05, 0) is 0 Å². The molecule has 0 aliphatic rings. The standard InChI is InChI=1S/C2H6N4S2.2ClH/c3-1(4)7-8-2(5)6;;/h(H3,3,4)(H3,5,6);2*1H. The second kappa shape index (κ2) is 9.22. The van der Waals surface area contributed by atoms with E-state index < -0.39 is 0 Å². The van der Waals surface area contributed by atoms with Crippen LogP contribution in [0.1, 0.15) is 0 Å². The van der Waals surface area contributed by atoms with Gasteiger partial charge in [0.05, 0.1) is 0 Å². The van der Waals surface area contributed by atoms with E-state index in [1.54, 1.807) is 0 Å². The van der Waals surface area contributed by atoms with Crippen LogP contribution in [-0.4, -0.2) is 10.3 Å². The summed E-state index contributed by atoms with van der Waals surface area (Å²) in [5, 5.41) is 10.6. The van der Waals surface area contributed by atoms with Crippen LogP contribution in [-0.2, 0) is 0 Å². The molecule has 0 saturated carbocycles. The predicted molar refractivity (Wildman–Crippen MR) is 37.4 cm³/mol. The molecule has 0 bridgehead atoms. The highest BCUT2D eigenvalue weighted by Crippen LogP contribution is 2.15. The monoisotopic (exact) mass is 222 g/mol. The molecule has 0 heterocycles. The zero-order valence-corrected chi connectivity index (χ0v) is 8.03. The summed E-state index contributed by atoms with van der Waals surface area (Å²) in [4.78, 5) is 0. The van der Waals surface area contributed by atoms with Gasteiger partial charge < -0.3 is 24.8 Å². The summed E-state index contributed by atoms with van der Waals surface area (Å²) in [6, 6.07) is 0. The van der Waals surface area contributed by atoms with Crippen LogP contribution in [0.15, 0.2) is 0 Å². The first-order valence-electron chi connectivity index (χ1n) is 1.73. The van der Waals surface area contributed by atoms with Gasteiger partial charge in [0.1, 0.15) is 0 Å². The Morgan fingerprint density at radius 2 is 1.10 bits per heavy atom. The Morgan fingerprint density at radius 3 is 1.20 bits per heavy atom. The second-order valence-corrected chi connectivity index (χ2v) is 3.25. The fourth-order valence-corrected chi connectivity index (χ4v) is 0.866. The minimum atomic E-state index is 0. The molecule has 0 aromatic carbocycles. The zero-order valence-electron chi connectivity index (χ0n) is 4.88. The van der Waals surface area contributed by atoms with Gasteiger partial charge in [0.15, 0.2) is 0 Å². The molecule has 0 aromatic heterocycles. The number of nitrogens with two attached hydrogens (primary N) is 4. The summed E-state index contributed by atoms with van der Waals surface area (Å²) < 4.78 is 0. The van der Waals surface area contributed by atoms with E-state index in [0.717, 1.165) is 21.6 Å². The molecule has 8 heteroatoms. The van der Waals surface area contributed by atoms with Crippen LogP contribution >= 0.6 is 21.6 Å². The van der Waals surface area contributed by atoms with Crippen molar-refractivity contribution in [1.82, 2.24) is 0 Å². The van der Waals surface area contributed by atoms with E-state index in [1.165, 1.54) is 0 Å². The minimum absolute atomic E-state index is 0. The summed E-state index contributed by atoms with van der Waals surface area (Å²) in [7, 11) is 2.28. The van der Waals surface area contributed by atoms with Gasteiger partial charge in [0, 0.05) is 21.6 Å². The predicted octanol–water partition coefficient (Wildman–Crippen LogP) is -9.48. The van der Waals surface area contributed by atoms with Crippen molar-refractivity contribution >= 4 is 31.9 Å². The van der Waals surface area contributed by atoms with Crippen molar-refractivity contribution < 1.29 is 35.6 Å². The Kier molecular flexibility index (Phi) is 15.4. The maximum atomic E-state index is 5.05. The van der Waals surface area contributed by atoms with Gasteiger partial charge in [-0.25, -0.2) is 0 Å². The van der Waals surface area contributed by atoms with Gasteiger partial charge in [0.2, 0.25) is 0 Å². The lowest BCUT2D eigenvalue weighted by molar-refractivity contribution is -0.111. The smallest absolute Gasteiger partial charge is 0.311 e. The molecule has 0 radical (unpaired) electrons. The lowest BCUT2D eigenvalue weighted by Crippen LogP contribution is -3.00. The first kappa shape index (κ1) is 16.7. The quantitative estimate of drug-likeness (QED) is 0.186. The summed E-state index contributed by atoms with van der Waals surface area (Å²) >= 11 is 0. The highest BCUT2D eigenvalue weighted by Gasteiger charge is 2.01. The lowest BCUT2D eigenvalue weighted by atomic mass is 11.4. The Bertz CT molecular complexity index is 104. The number of amidine groups is 2. The van der Waals surface area contributed by atoms with E-state index in [2.05, 4.69) is 0 Å². The van der Waals surface area contributed by atoms with Gasteiger partial charge in [0.25, 0.3) is 0 Å². The van der Waals surface area contributed by atoms with Gasteiger partial charge in [-0.3, -0.25) is 22.3 Å². The van der Waals surface area contributed by atoms with E-state index in [4.69, 9.17) is 22.3 Å². The van der Waals surface area contributed by atoms with Crippen molar-refractivity contribution in [2.75, 3.05) is 0 Å². The average Bonchev–Trinajstić information content (AvgIpc) is 1.61. The van der Waals surface area contributed by atoms with E-state index in [1.807, 2.05) is 0 Å². The third-order valence-corrected chi connectivity index (χ3v) is 2.11. The number of halogens is 2. The summed E-state index contributed by atoms with van der Waals surface area (Å²) in [5.74, 6) is 0. The Labute approximate surface area is 79.1 Å². The maximum absolute atomic E-state index is 5.05. The molecule has 4 nitrogen and oxygen atoms in total. The molecular weight excluding hydrogens is 215 g/mol. The van der Waals surface area contributed by atoms with Crippen molar-refractivity contribution in [3.8, 4) is 0 Å². The molecule has 62 valence electrons. The lowest BCUT2D eigenvalue weighted by Gasteiger charge is -1.82.